The fourth-order valence-corrected chi connectivity index (χ4v) is 3.57. The van der Waals surface area contributed by atoms with Gasteiger partial charge in [0.25, 0.3) is 0 Å². The summed E-state index contributed by atoms with van der Waals surface area (Å²) in [5.74, 6) is 2.72. The van der Waals surface area contributed by atoms with Crippen molar-refractivity contribution in [1.29, 1.82) is 0 Å². The van der Waals surface area contributed by atoms with Crippen LogP contribution in [0.5, 0.6) is 0 Å². The lowest BCUT2D eigenvalue weighted by molar-refractivity contribution is 0.296. The second-order valence-electron chi connectivity index (χ2n) is 6.30. The van der Waals surface area contributed by atoms with E-state index in [0.717, 1.165) is 31.0 Å². The predicted molar refractivity (Wildman–Crippen MR) is 81.2 cm³/mol. The Kier molecular flexibility index (Phi) is 5.85. The molecule has 2 N–H and O–H groups in total. The highest BCUT2D eigenvalue weighted by Crippen LogP contribution is 2.34. The highest BCUT2D eigenvalue weighted by molar-refractivity contribution is 5.85. The molecular formula is C15H26ClN3O. The number of hydrogen-bond donors (Lipinski definition) is 1. The van der Waals surface area contributed by atoms with Crippen molar-refractivity contribution in [2.75, 3.05) is 0 Å². The van der Waals surface area contributed by atoms with Crippen molar-refractivity contribution in [1.82, 2.24) is 10.1 Å². The molecule has 0 radical (unpaired) electrons. The van der Waals surface area contributed by atoms with E-state index in [1.54, 1.807) is 0 Å². The number of hydrogen-bond acceptors (Lipinski definition) is 4. The zero-order valence-electron chi connectivity index (χ0n) is 12.1. The van der Waals surface area contributed by atoms with E-state index in [2.05, 4.69) is 5.16 Å². The van der Waals surface area contributed by atoms with Gasteiger partial charge in [-0.05, 0) is 32.1 Å². The molecule has 2 saturated carbocycles. The predicted octanol–water partition coefficient (Wildman–Crippen LogP) is 3.91. The molecule has 4 nitrogen and oxygen atoms in total. The third-order valence-electron chi connectivity index (χ3n) is 4.74. The maximum atomic E-state index is 6.04. The summed E-state index contributed by atoms with van der Waals surface area (Å²) >= 11 is 0. The van der Waals surface area contributed by atoms with Crippen LogP contribution in [0, 0.1) is 0 Å². The van der Waals surface area contributed by atoms with Gasteiger partial charge in [-0.15, -0.1) is 12.4 Å². The number of nitrogens with two attached hydrogens (primary N) is 1. The van der Waals surface area contributed by atoms with Crippen LogP contribution < -0.4 is 5.73 Å². The first kappa shape index (κ1) is 15.8. The molecule has 3 rings (SSSR count). The van der Waals surface area contributed by atoms with E-state index >= 15 is 0 Å². The van der Waals surface area contributed by atoms with Gasteiger partial charge in [0.2, 0.25) is 5.89 Å². The summed E-state index contributed by atoms with van der Waals surface area (Å²) in [6.07, 6.45) is 12.3. The summed E-state index contributed by atoms with van der Waals surface area (Å²) < 4.78 is 5.53. The lowest BCUT2D eigenvalue weighted by Crippen LogP contribution is -2.27. The Labute approximate surface area is 127 Å². The normalized spacial score (nSPS) is 28.6. The first-order chi connectivity index (χ1) is 9.33. The van der Waals surface area contributed by atoms with Crippen LogP contribution in [0.1, 0.15) is 87.8 Å². The molecule has 0 aromatic carbocycles. The summed E-state index contributed by atoms with van der Waals surface area (Å²) in [7, 11) is 0. The Hall–Kier alpha value is -0.610. The SMILES string of the molecule is Cl.NC1CCCC(c2nc(C3CCCCCC3)no2)C1. The summed E-state index contributed by atoms with van der Waals surface area (Å²) in [6.45, 7) is 0. The van der Waals surface area contributed by atoms with Crippen molar-refractivity contribution in [3.63, 3.8) is 0 Å². The lowest BCUT2D eigenvalue weighted by Gasteiger charge is -2.23. The van der Waals surface area contributed by atoms with Gasteiger partial charge < -0.3 is 10.3 Å². The fourth-order valence-electron chi connectivity index (χ4n) is 3.57. The van der Waals surface area contributed by atoms with Gasteiger partial charge in [-0.25, -0.2) is 0 Å². The molecule has 1 aromatic heterocycles. The summed E-state index contributed by atoms with van der Waals surface area (Å²) in [6, 6.07) is 0.312. The van der Waals surface area contributed by atoms with Gasteiger partial charge in [-0.1, -0.05) is 37.3 Å². The quantitative estimate of drug-likeness (QED) is 0.841. The highest BCUT2D eigenvalue weighted by Gasteiger charge is 2.27. The van der Waals surface area contributed by atoms with E-state index in [1.165, 1.54) is 44.9 Å². The zero-order chi connectivity index (χ0) is 13.1. The third kappa shape index (κ3) is 3.73. The minimum atomic E-state index is 0. The molecule has 0 bridgehead atoms. The molecule has 2 aliphatic carbocycles. The van der Waals surface area contributed by atoms with Gasteiger partial charge in [0.1, 0.15) is 0 Å². The zero-order valence-corrected chi connectivity index (χ0v) is 12.9. The average molecular weight is 300 g/mol. The van der Waals surface area contributed by atoms with Gasteiger partial charge in [0, 0.05) is 17.9 Å². The maximum Gasteiger partial charge on any atom is 0.229 e. The molecule has 2 atom stereocenters. The van der Waals surface area contributed by atoms with E-state index < -0.39 is 0 Å². The maximum absolute atomic E-state index is 6.04. The van der Waals surface area contributed by atoms with Gasteiger partial charge in [0.15, 0.2) is 5.82 Å². The molecular weight excluding hydrogens is 274 g/mol. The van der Waals surface area contributed by atoms with Crippen LogP contribution in [-0.4, -0.2) is 16.2 Å². The monoisotopic (exact) mass is 299 g/mol. The molecule has 114 valence electrons. The molecule has 1 heterocycles. The van der Waals surface area contributed by atoms with Gasteiger partial charge >= 0.3 is 0 Å². The van der Waals surface area contributed by atoms with Crippen LogP contribution in [0.15, 0.2) is 4.52 Å². The minimum absolute atomic E-state index is 0. The van der Waals surface area contributed by atoms with Crippen LogP contribution in [-0.2, 0) is 0 Å². The van der Waals surface area contributed by atoms with Crippen molar-refractivity contribution in [2.45, 2.75) is 82.1 Å². The smallest absolute Gasteiger partial charge is 0.229 e. The largest absolute Gasteiger partial charge is 0.339 e. The lowest BCUT2D eigenvalue weighted by atomic mass is 9.86. The Bertz CT molecular complexity index is 385. The Morgan fingerprint density at radius 2 is 1.60 bits per heavy atom. The van der Waals surface area contributed by atoms with Crippen molar-refractivity contribution in [3.8, 4) is 0 Å². The van der Waals surface area contributed by atoms with E-state index in [4.69, 9.17) is 15.2 Å². The number of aromatic nitrogens is 2. The van der Waals surface area contributed by atoms with Crippen LogP contribution >= 0.6 is 12.4 Å². The molecule has 2 unspecified atom stereocenters. The minimum Gasteiger partial charge on any atom is -0.339 e. The van der Waals surface area contributed by atoms with Crippen LogP contribution in [0.2, 0.25) is 0 Å². The second kappa shape index (κ2) is 7.41. The topological polar surface area (TPSA) is 64.9 Å². The molecule has 1 aromatic rings. The van der Waals surface area contributed by atoms with E-state index in [9.17, 15) is 0 Å². The van der Waals surface area contributed by atoms with Crippen molar-refractivity contribution < 1.29 is 4.52 Å². The Morgan fingerprint density at radius 1 is 0.900 bits per heavy atom. The summed E-state index contributed by atoms with van der Waals surface area (Å²) in [5.41, 5.74) is 6.04. The van der Waals surface area contributed by atoms with Crippen LogP contribution in [0.4, 0.5) is 0 Å². The van der Waals surface area contributed by atoms with E-state index in [0.29, 0.717) is 17.9 Å². The fraction of sp³-hybridized carbons (Fsp3) is 0.867. The molecule has 0 amide bonds. The van der Waals surface area contributed by atoms with Crippen molar-refractivity contribution in [3.05, 3.63) is 11.7 Å². The van der Waals surface area contributed by atoms with Crippen molar-refractivity contribution in [2.24, 2.45) is 5.73 Å². The number of halogens is 1. The van der Waals surface area contributed by atoms with E-state index in [-0.39, 0.29) is 12.4 Å². The van der Waals surface area contributed by atoms with Crippen LogP contribution in [0.3, 0.4) is 0 Å². The van der Waals surface area contributed by atoms with Crippen LogP contribution in [0.25, 0.3) is 0 Å². The number of rotatable bonds is 2. The third-order valence-corrected chi connectivity index (χ3v) is 4.74. The first-order valence-corrected chi connectivity index (χ1v) is 7.92. The molecule has 0 saturated heterocycles. The molecule has 2 aliphatic rings. The molecule has 5 heteroatoms. The summed E-state index contributed by atoms with van der Waals surface area (Å²) in [4.78, 5) is 4.70. The first-order valence-electron chi connectivity index (χ1n) is 7.92. The Morgan fingerprint density at radius 3 is 2.30 bits per heavy atom. The van der Waals surface area contributed by atoms with Gasteiger partial charge in [-0.2, -0.15) is 4.98 Å². The van der Waals surface area contributed by atoms with E-state index in [1.807, 2.05) is 0 Å². The highest BCUT2D eigenvalue weighted by atomic mass is 35.5. The molecule has 0 spiro atoms. The number of nitrogens with zero attached hydrogens (tertiary/aromatic N) is 2. The van der Waals surface area contributed by atoms with Gasteiger partial charge in [-0.3, -0.25) is 0 Å². The van der Waals surface area contributed by atoms with Crippen molar-refractivity contribution >= 4 is 12.4 Å². The standard InChI is InChI=1S/C15H25N3O.ClH/c16-13-9-5-8-12(10-13)15-17-14(18-19-15)11-6-3-1-2-4-7-11;/h11-13H,1-10,16H2;1H. The average Bonchev–Trinajstić information content (AvgIpc) is 2.75. The molecule has 2 fully saturated rings. The second-order valence-corrected chi connectivity index (χ2v) is 6.30. The molecule has 20 heavy (non-hydrogen) atoms. The molecule has 0 aliphatic heterocycles. The Balaban J connectivity index is 0.00000147. The summed E-state index contributed by atoms with van der Waals surface area (Å²) in [5, 5.41) is 4.25. The van der Waals surface area contributed by atoms with Gasteiger partial charge in [0.05, 0.1) is 0 Å².